The first kappa shape index (κ1) is 10.1. The van der Waals surface area contributed by atoms with E-state index in [2.05, 4.69) is 6.92 Å². The van der Waals surface area contributed by atoms with Crippen molar-refractivity contribution in [2.24, 2.45) is 0 Å². The first-order valence-electron chi connectivity index (χ1n) is 4.11. The van der Waals surface area contributed by atoms with Crippen molar-refractivity contribution < 1.29 is 4.92 Å². The van der Waals surface area contributed by atoms with Gasteiger partial charge in [0, 0.05) is 17.0 Å². The van der Waals surface area contributed by atoms with E-state index in [1.807, 2.05) is 6.07 Å². The zero-order valence-corrected chi connectivity index (χ0v) is 8.21. The van der Waals surface area contributed by atoms with Crippen molar-refractivity contribution in [2.45, 2.75) is 18.2 Å². The average Bonchev–Trinajstić information content (AvgIpc) is 2.15. The van der Waals surface area contributed by atoms with Gasteiger partial charge >= 0.3 is 0 Å². The minimum absolute atomic E-state index is 0.168. The normalized spacial score (nSPS) is 9.92. The fourth-order valence-corrected chi connectivity index (χ4v) is 1.73. The second kappa shape index (κ2) is 4.87. The quantitative estimate of drug-likeness (QED) is 0.423. The van der Waals surface area contributed by atoms with Gasteiger partial charge in [-0.1, -0.05) is 13.0 Å². The summed E-state index contributed by atoms with van der Waals surface area (Å²) in [7, 11) is 0. The highest BCUT2D eigenvalue weighted by Gasteiger charge is 2.04. The van der Waals surface area contributed by atoms with E-state index in [0.717, 1.165) is 17.1 Å². The van der Waals surface area contributed by atoms with Crippen molar-refractivity contribution in [3.05, 3.63) is 34.4 Å². The van der Waals surface area contributed by atoms with Crippen LogP contribution >= 0.6 is 11.8 Å². The van der Waals surface area contributed by atoms with Crippen molar-refractivity contribution in [1.29, 1.82) is 0 Å². The monoisotopic (exact) mass is 197 g/mol. The molecule has 3 nitrogen and oxygen atoms in total. The van der Waals surface area contributed by atoms with Crippen LogP contribution in [-0.2, 0) is 0 Å². The lowest BCUT2D eigenvalue weighted by atomic mass is 10.3. The Bertz CT molecular complexity index is 301. The predicted molar refractivity (Wildman–Crippen MR) is 54.1 cm³/mol. The lowest BCUT2D eigenvalue weighted by molar-refractivity contribution is -0.385. The molecule has 0 N–H and O–H groups in total. The van der Waals surface area contributed by atoms with Crippen LogP contribution in [0.5, 0.6) is 0 Å². The van der Waals surface area contributed by atoms with E-state index in [-0.39, 0.29) is 10.6 Å². The number of thioether (sulfide) groups is 1. The summed E-state index contributed by atoms with van der Waals surface area (Å²) in [5.74, 6) is 1.00. The van der Waals surface area contributed by atoms with Crippen molar-refractivity contribution in [3.8, 4) is 0 Å². The van der Waals surface area contributed by atoms with Gasteiger partial charge in [-0.15, -0.1) is 11.8 Å². The highest BCUT2D eigenvalue weighted by atomic mass is 32.2. The molecule has 0 aliphatic rings. The smallest absolute Gasteiger partial charge is 0.258 e. The Morgan fingerprint density at radius 2 is 2.31 bits per heavy atom. The lowest BCUT2D eigenvalue weighted by Crippen LogP contribution is -1.87. The molecule has 0 aliphatic carbocycles. The summed E-state index contributed by atoms with van der Waals surface area (Å²) < 4.78 is 0. The third-order valence-corrected chi connectivity index (χ3v) is 2.70. The van der Waals surface area contributed by atoms with Crippen LogP contribution in [0.4, 0.5) is 5.69 Å². The number of rotatable bonds is 4. The molecule has 0 unspecified atom stereocenters. The van der Waals surface area contributed by atoms with Crippen LogP contribution < -0.4 is 0 Å². The summed E-state index contributed by atoms with van der Waals surface area (Å²) in [4.78, 5) is 11.0. The number of nitro groups is 1. The minimum Gasteiger partial charge on any atom is -0.258 e. The number of hydrogen-bond donors (Lipinski definition) is 0. The molecule has 0 aliphatic heterocycles. The van der Waals surface area contributed by atoms with Crippen LogP contribution in [0.1, 0.15) is 13.3 Å². The molecule has 0 fully saturated rings. The molecule has 0 spiro atoms. The molecule has 4 heteroatoms. The second-order valence-corrected chi connectivity index (χ2v) is 3.77. The molecular formula is C9H11NO2S. The van der Waals surface area contributed by atoms with Gasteiger partial charge in [0.1, 0.15) is 0 Å². The Labute approximate surface area is 81.3 Å². The maximum absolute atomic E-state index is 10.4. The van der Waals surface area contributed by atoms with E-state index in [0.29, 0.717) is 0 Å². The summed E-state index contributed by atoms with van der Waals surface area (Å²) in [5, 5.41) is 10.4. The van der Waals surface area contributed by atoms with Crippen molar-refractivity contribution in [3.63, 3.8) is 0 Å². The van der Waals surface area contributed by atoms with Crippen LogP contribution in [0.2, 0.25) is 0 Å². The molecule has 1 aromatic carbocycles. The van der Waals surface area contributed by atoms with Crippen molar-refractivity contribution in [1.82, 2.24) is 0 Å². The zero-order chi connectivity index (χ0) is 9.68. The SMILES string of the molecule is CCCSc1cccc([N+](=O)[O-])c1. The first-order valence-corrected chi connectivity index (χ1v) is 5.10. The summed E-state index contributed by atoms with van der Waals surface area (Å²) in [6.45, 7) is 2.09. The molecular weight excluding hydrogens is 186 g/mol. The molecule has 0 aromatic heterocycles. The number of benzene rings is 1. The summed E-state index contributed by atoms with van der Waals surface area (Å²) >= 11 is 1.65. The average molecular weight is 197 g/mol. The molecule has 0 saturated carbocycles. The molecule has 0 bridgehead atoms. The van der Waals surface area contributed by atoms with E-state index >= 15 is 0 Å². The van der Waals surface area contributed by atoms with E-state index < -0.39 is 0 Å². The summed E-state index contributed by atoms with van der Waals surface area (Å²) in [5.41, 5.74) is 0.168. The summed E-state index contributed by atoms with van der Waals surface area (Å²) in [6, 6.07) is 6.74. The Hall–Kier alpha value is -1.03. The van der Waals surface area contributed by atoms with Crippen molar-refractivity contribution in [2.75, 3.05) is 5.75 Å². The lowest BCUT2D eigenvalue weighted by Gasteiger charge is -1.98. The number of hydrogen-bond acceptors (Lipinski definition) is 3. The maximum Gasteiger partial charge on any atom is 0.270 e. The van der Waals surface area contributed by atoms with Gasteiger partial charge in [0.15, 0.2) is 0 Å². The Morgan fingerprint density at radius 1 is 1.54 bits per heavy atom. The van der Waals surface area contributed by atoms with Crippen LogP contribution in [0, 0.1) is 10.1 Å². The highest BCUT2D eigenvalue weighted by molar-refractivity contribution is 7.99. The minimum atomic E-state index is -0.365. The van der Waals surface area contributed by atoms with Crippen LogP contribution in [0.25, 0.3) is 0 Å². The van der Waals surface area contributed by atoms with Crippen LogP contribution in [-0.4, -0.2) is 10.7 Å². The van der Waals surface area contributed by atoms with Gasteiger partial charge in [0.2, 0.25) is 0 Å². The molecule has 0 amide bonds. The van der Waals surface area contributed by atoms with Gasteiger partial charge < -0.3 is 0 Å². The molecule has 0 heterocycles. The first-order chi connectivity index (χ1) is 6.24. The Kier molecular flexibility index (Phi) is 3.76. The van der Waals surface area contributed by atoms with Gasteiger partial charge in [0.05, 0.1) is 4.92 Å². The van der Waals surface area contributed by atoms with Crippen LogP contribution in [0.15, 0.2) is 29.2 Å². The van der Waals surface area contributed by atoms with Gasteiger partial charge in [-0.25, -0.2) is 0 Å². The molecule has 13 heavy (non-hydrogen) atoms. The third kappa shape index (κ3) is 3.06. The number of nitrogens with zero attached hydrogens (tertiary/aromatic N) is 1. The third-order valence-electron chi connectivity index (χ3n) is 1.50. The van der Waals surface area contributed by atoms with Gasteiger partial charge in [-0.2, -0.15) is 0 Å². The Balaban J connectivity index is 2.73. The molecule has 0 saturated heterocycles. The van der Waals surface area contributed by atoms with Crippen molar-refractivity contribution >= 4 is 17.4 Å². The number of non-ortho nitro benzene ring substituents is 1. The summed E-state index contributed by atoms with van der Waals surface area (Å²) in [6.07, 6.45) is 1.08. The molecule has 0 atom stereocenters. The standard InChI is InChI=1S/C9H11NO2S/c1-2-6-13-9-5-3-4-8(7-9)10(11)12/h3-5,7H,2,6H2,1H3. The van der Waals surface area contributed by atoms with Gasteiger partial charge in [-0.05, 0) is 18.2 Å². The second-order valence-electron chi connectivity index (χ2n) is 2.60. The van der Waals surface area contributed by atoms with E-state index in [4.69, 9.17) is 0 Å². The van der Waals surface area contributed by atoms with Gasteiger partial charge in [0.25, 0.3) is 5.69 Å². The topological polar surface area (TPSA) is 43.1 Å². The molecule has 1 rings (SSSR count). The number of nitro benzene ring substituents is 1. The Morgan fingerprint density at radius 3 is 2.92 bits per heavy atom. The highest BCUT2D eigenvalue weighted by Crippen LogP contribution is 2.22. The molecule has 70 valence electrons. The maximum atomic E-state index is 10.4. The van der Waals surface area contributed by atoms with E-state index in [1.54, 1.807) is 23.9 Å². The fourth-order valence-electron chi connectivity index (χ4n) is 0.907. The molecule has 1 aromatic rings. The molecule has 0 radical (unpaired) electrons. The fraction of sp³-hybridized carbons (Fsp3) is 0.333. The van der Waals surface area contributed by atoms with Gasteiger partial charge in [-0.3, -0.25) is 10.1 Å². The van der Waals surface area contributed by atoms with Crippen LogP contribution in [0.3, 0.4) is 0 Å². The largest absolute Gasteiger partial charge is 0.270 e. The predicted octanol–water partition coefficient (Wildman–Crippen LogP) is 3.10. The zero-order valence-electron chi connectivity index (χ0n) is 7.40. The van der Waals surface area contributed by atoms with E-state index in [1.165, 1.54) is 6.07 Å². The van der Waals surface area contributed by atoms with E-state index in [9.17, 15) is 10.1 Å².